The average molecular weight is 268 g/mol. The number of carbonyl (C=O) groups excluding carboxylic acids is 1. The van der Waals surface area contributed by atoms with Gasteiger partial charge in [-0.05, 0) is 20.0 Å². The molecule has 0 bridgehead atoms. The van der Waals surface area contributed by atoms with Gasteiger partial charge in [0.05, 0.1) is 5.51 Å². The highest BCUT2D eigenvalue weighted by Crippen LogP contribution is 2.01. The number of hydrogen-bond donors (Lipinski definition) is 1. The lowest BCUT2D eigenvalue weighted by atomic mass is 10.3. The molecule has 0 aromatic carbocycles. The van der Waals surface area contributed by atoms with E-state index in [2.05, 4.69) is 27.1 Å². The molecule has 6 heteroatoms. The lowest BCUT2D eigenvalue weighted by Gasteiger charge is -2.32. The molecule has 0 atom stereocenters. The third-order valence-electron chi connectivity index (χ3n) is 3.20. The summed E-state index contributed by atoms with van der Waals surface area (Å²) in [5.41, 5.74) is 2.21. The van der Waals surface area contributed by atoms with E-state index < -0.39 is 0 Å². The van der Waals surface area contributed by atoms with E-state index in [4.69, 9.17) is 0 Å². The highest BCUT2D eigenvalue weighted by Gasteiger charge is 2.13. The van der Waals surface area contributed by atoms with Crippen LogP contribution < -0.4 is 5.32 Å². The van der Waals surface area contributed by atoms with Crippen LogP contribution in [-0.2, 0) is 0 Å². The molecule has 1 fully saturated rings. The van der Waals surface area contributed by atoms with E-state index in [1.807, 2.05) is 0 Å². The first-order chi connectivity index (χ1) is 8.75. The van der Waals surface area contributed by atoms with Gasteiger partial charge >= 0.3 is 0 Å². The number of rotatable bonds is 5. The maximum absolute atomic E-state index is 11.6. The smallest absolute Gasteiger partial charge is 0.270 e. The van der Waals surface area contributed by atoms with Crippen molar-refractivity contribution < 1.29 is 4.79 Å². The molecule has 2 rings (SSSR count). The number of nitrogens with one attached hydrogen (secondary N) is 1. The van der Waals surface area contributed by atoms with Crippen molar-refractivity contribution in [2.24, 2.45) is 0 Å². The number of nitrogens with zero attached hydrogens (tertiary/aromatic N) is 3. The van der Waals surface area contributed by atoms with Gasteiger partial charge in [-0.3, -0.25) is 4.79 Å². The second-order valence-corrected chi connectivity index (χ2v) is 5.35. The number of thiazole rings is 1. The van der Waals surface area contributed by atoms with Crippen LogP contribution in [-0.4, -0.2) is 67.0 Å². The number of amides is 1. The van der Waals surface area contributed by atoms with Crippen LogP contribution in [0.3, 0.4) is 0 Å². The molecular weight excluding hydrogens is 248 g/mol. The zero-order valence-corrected chi connectivity index (χ0v) is 11.6. The first-order valence-corrected chi connectivity index (χ1v) is 7.27. The van der Waals surface area contributed by atoms with Gasteiger partial charge in [0.15, 0.2) is 0 Å². The maximum atomic E-state index is 11.6. The van der Waals surface area contributed by atoms with Crippen molar-refractivity contribution >= 4 is 17.2 Å². The first-order valence-electron chi connectivity index (χ1n) is 6.33. The van der Waals surface area contributed by atoms with Crippen LogP contribution in [0.4, 0.5) is 0 Å². The van der Waals surface area contributed by atoms with E-state index in [1.54, 1.807) is 10.9 Å². The Morgan fingerprint density at radius 1 is 1.44 bits per heavy atom. The van der Waals surface area contributed by atoms with Crippen molar-refractivity contribution in [3.8, 4) is 0 Å². The normalized spacial score (nSPS) is 17.8. The fourth-order valence-electron chi connectivity index (χ4n) is 1.99. The molecule has 1 aliphatic rings. The number of aromatic nitrogens is 1. The van der Waals surface area contributed by atoms with Gasteiger partial charge in [-0.15, -0.1) is 11.3 Å². The fraction of sp³-hybridized carbons (Fsp3) is 0.667. The third-order valence-corrected chi connectivity index (χ3v) is 3.78. The van der Waals surface area contributed by atoms with Gasteiger partial charge in [-0.2, -0.15) is 0 Å². The molecule has 100 valence electrons. The molecule has 1 amide bonds. The molecule has 0 radical (unpaired) electrons. The summed E-state index contributed by atoms with van der Waals surface area (Å²) in [5, 5.41) is 4.68. The molecule has 0 unspecified atom stereocenters. The minimum Gasteiger partial charge on any atom is -0.351 e. The molecule has 1 N–H and O–H groups in total. The molecule has 18 heavy (non-hydrogen) atoms. The summed E-state index contributed by atoms with van der Waals surface area (Å²) >= 11 is 1.45. The molecular formula is C12H20N4OS. The fourth-order valence-corrected chi connectivity index (χ4v) is 2.52. The number of carbonyl (C=O) groups is 1. The van der Waals surface area contributed by atoms with E-state index in [9.17, 15) is 4.79 Å². The molecule has 2 heterocycles. The third kappa shape index (κ3) is 4.04. The zero-order valence-electron chi connectivity index (χ0n) is 10.8. The number of piperazine rings is 1. The van der Waals surface area contributed by atoms with Crippen LogP contribution >= 0.6 is 11.3 Å². The first kappa shape index (κ1) is 13.5. The van der Waals surface area contributed by atoms with Crippen molar-refractivity contribution in [1.29, 1.82) is 0 Å². The van der Waals surface area contributed by atoms with E-state index in [0.29, 0.717) is 5.69 Å². The maximum Gasteiger partial charge on any atom is 0.270 e. The van der Waals surface area contributed by atoms with Crippen molar-refractivity contribution in [2.45, 2.75) is 6.42 Å². The van der Waals surface area contributed by atoms with Gasteiger partial charge < -0.3 is 15.1 Å². The van der Waals surface area contributed by atoms with Gasteiger partial charge in [-0.1, -0.05) is 0 Å². The second-order valence-electron chi connectivity index (χ2n) is 4.63. The van der Waals surface area contributed by atoms with Crippen LogP contribution in [0.1, 0.15) is 16.9 Å². The Kier molecular flexibility index (Phi) is 5.10. The quantitative estimate of drug-likeness (QED) is 0.791. The highest BCUT2D eigenvalue weighted by atomic mass is 32.1. The topological polar surface area (TPSA) is 48.5 Å². The SMILES string of the molecule is CN1CCN(CCCNC(=O)c2cscn2)CC1. The summed E-state index contributed by atoms with van der Waals surface area (Å²) in [5.74, 6) is -0.0605. The van der Waals surface area contributed by atoms with Gasteiger partial charge in [-0.25, -0.2) is 4.98 Å². The predicted molar refractivity (Wildman–Crippen MR) is 73.0 cm³/mol. The summed E-state index contributed by atoms with van der Waals surface area (Å²) in [6, 6.07) is 0. The largest absolute Gasteiger partial charge is 0.351 e. The van der Waals surface area contributed by atoms with E-state index in [0.717, 1.165) is 45.7 Å². The molecule has 1 saturated heterocycles. The second kappa shape index (κ2) is 6.82. The summed E-state index contributed by atoms with van der Waals surface area (Å²) in [6.07, 6.45) is 1.000. The van der Waals surface area contributed by atoms with Gasteiger partial charge in [0.1, 0.15) is 5.69 Å². The van der Waals surface area contributed by atoms with Crippen molar-refractivity contribution in [1.82, 2.24) is 20.1 Å². The monoisotopic (exact) mass is 268 g/mol. The van der Waals surface area contributed by atoms with Crippen LogP contribution in [0.2, 0.25) is 0 Å². The number of likely N-dealkylation sites (N-methyl/N-ethyl adjacent to an activating group) is 1. The number of hydrogen-bond acceptors (Lipinski definition) is 5. The van der Waals surface area contributed by atoms with Crippen molar-refractivity contribution in [3.63, 3.8) is 0 Å². The van der Waals surface area contributed by atoms with E-state index in [1.165, 1.54) is 11.3 Å². The van der Waals surface area contributed by atoms with Gasteiger partial charge in [0.25, 0.3) is 5.91 Å². The molecule has 0 saturated carbocycles. The summed E-state index contributed by atoms with van der Waals surface area (Å²) in [4.78, 5) is 20.4. The Bertz CT molecular complexity index is 360. The summed E-state index contributed by atoms with van der Waals surface area (Å²) in [6.45, 7) is 6.34. The molecule has 5 nitrogen and oxygen atoms in total. The lowest BCUT2D eigenvalue weighted by Crippen LogP contribution is -2.45. The van der Waals surface area contributed by atoms with Crippen molar-refractivity contribution in [2.75, 3.05) is 46.3 Å². The minimum atomic E-state index is -0.0605. The standard InChI is InChI=1S/C12H20N4OS/c1-15-5-7-16(8-6-15)4-2-3-13-12(17)11-9-18-10-14-11/h9-10H,2-8H2,1H3,(H,13,17). The van der Waals surface area contributed by atoms with Gasteiger partial charge in [0.2, 0.25) is 0 Å². The minimum absolute atomic E-state index is 0.0605. The summed E-state index contributed by atoms with van der Waals surface area (Å²) in [7, 11) is 2.16. The molecule has 0 spiro atoms. The molecule has 1 aromatic heterocycles. The van der Waals surface area contributed by atoms with Crippen LogP contribution in [0, 0.1) is 0 Å². The molecule has 0 aliphatic carbocycles. The predicted octanol–water partition coefficient (Wildman–Crippen LogP) is 0.510. The van der Waals surface area contributed by atoms with Crippen molar-refractivity contribution in [3.05, 3.63) is 16.6 Å². The lowest BCUT2D eigenvalue weighted by molar-refractivity contribution is 0.0945. The Labute approximate surface area is 112 Å². The van der Waals surface area contributed by atoms with E-state index >= 15 is 0 Å². The van der Waals surface area contributed by atoms with Gasteiger partial charge in [0, 0.05) is 38.1 Å². The summed E-state index contributed by atoms with van der Waals surface area (Å²) < 4.78 is 0. The molecule has 1 aliphatic heterocycles. The van der Waals surface area contributed by atoms with Crippen LogP contribution in [0.15, 0.2) is 10.9 Å². The average Bonchev–Trinajstić information content (AvgIpc) is 2.90. The Hall–Kier alpha value is -0.980. The van der Waals surface area contributed by atoms with Crippen LogP contribution in [0.25, 0.3) is 0 Å². The Morgan fingerprint density at radius 3 is 2.89 bits per heavy atom. The zero-order chi connectivity index (χ0) is 12.8. The Balaban J connectivity index is 1.57. The highest BCUT2D eigenvalue weighted by molar-refractivity contribution is 7.07. The van der Waals surface area contributed by atoms with Crippen LogP contribution in [0.5, 0.6) is 0 Å². The molecule has 1 aromatic rings. The van der Waals surface area contributed by atoms with E-state index in [-0.39, 0.29) is 5.91 Å². The Morgan fingerprint density at radius 2 is 2.22 bits per heavy atom.